The highest BCUT2D eigenvalue weighted by atomic mass is 35.5. The van der Waals surface area contributed by atoms with Crippen LogP contribution in [-0.4, -0.2) is 26.8 Å². The predicted octanol–water partition coefficient (Wildman–Crippen LogP) is 9.95. The Morgan fingerprint density at radius 1 is 0.830 bits per heavy atom. The first kappa shape index (κ1) is 36.2. The molecule has 5 aromatic carbocycles. The van der Waals surface area contributed by atoms with E-state index in [4.69, 9.17) is 37.4 Å². The molecule has 2 amide bonds. The number of anilines is 1. The third kappa shape index (κ3) is 8.73. The molecule has 1 aromatic heterocycles. The summed E-state index contributed by atoms with van der Waals surface area (Å²) in [4.78, 5) is 17.0. The number of ether oxygens (including phenoxy) is 3. The molecule has 53 heavy (non-hydrogen) atoms. The van der Waals surface area contributed by atoms with E-state index in [0.29, 0.717) is 29.7 Å². The summed E-state index contributed by atoms with van der Waals surface area (Å²) in [5.41, 5.74) is 6.25. The zero-order valence-corrected chi connectivity index (χ0v) is 30.4. The molecule has 0 spiro atoms. The maximum absolute atomic E-state index is 12.9. The first-order chi connectivity index (χ1) is 25.8. The smallest absolute Gasteiger partial charge is 0.319 e. The zero-order chi connectivity index (χ0) is 36.7. The summed E-state index contributed by atoms with van der Waals surface area (Å²) in [5, 5.41) is 16.0. The molecule has 0 bridgehead atoms. The Morgan fingerprint density at radius 2 is 1.51 bits per heavy atom. The van der Waals surface area contributed by atoms with Crippen LogP contribution in [0.2, 0.25) is 10.3 Å². The molecule has 9 nitrogen and oxygen atoms in total. The second-order valence-electron chi connectivity index (χ2n) is 12.8. The third-order valence-electron chi connectivity index (χ3n) is 9.27. The highest BCUT2D eigenvalue weighted by Gasteiger charge is 2.39. The van der Waals surface area contributed by atoms with Gasteiger partial charge in [-0.15, -0.1) is 0 Å². The number of benzene rings is 5. The van der Waals surface area contributed by atoms with Gasteiger partial charge in [0.15, 0.2) is 11.4 Å². The number of aliphatic hydroxyl groups excluding tert-OH is 1. The van der Waals surface area contributed by atoms with Gasteiger partial charge in [-0.1, -0.05) is 121 Å². The van der Waals surface area contributed by atoms with E-state index in [0.717, 1.165) is 39.1 Å². The molecule has 4 unspecified atom stereocenters. The molecule has 0 aliphatic carbocycles. The van der Waals surface area contributed by atoms with Crippen LogP contribution >= 0.6 is 23.2 Å². The van der Waals surface area contributed by atoms with Gasteiger partial charge in [0.25, 0.3) is 0 Å². The van der Waals surface area contributed by atoms with E-state index in [2.05, 4.69) is 22.5 Å². The van der Waals surface area contributed by atoms with Gasteiger partial charge in [-0.25, -0.2) is 9.78 Å². The second kappa shape index (κ2) is 16.7. The summed E-state index contributed by atoms with van der Waals surface area (Å²) in [6, 6.07) is 40.2. The van der Waals surface area contributed by atoms with E-state index in [1.165, 1.54) is 0 Å². The van der Waals surface area contributed by atoms with Crippen LogP contribution in [0.25, 0.3) is 11.1 Å². The van der Waals surface area contributed by atoms with Crippen molar-refractivity contribution in [1.29, 1.82) is 0 Å². The van der Waals surface area contributed by atoms with Crippen LogP contribution in [0.1, 0.15) is 41.6 Å². The number of carbonyl (C=O) groups excluding carboxylic acids is 1. The van der Waals surface area contributed by atoms with Crippen LogP contribution in [0.5, 0.6) is 11.5 Å². The van der Waals surface area contributed by atoms with Gasteiger partial charge in [0, 0.05) is 23.7 Å². The molecule has 1 aliphatic heterocycles. The maximum atomic E-state index is 12.9. The lowest BCUT2D eigenvalue weighted by Gasteiger charge is -2.41. The van der Waals surface area contributed by atoms with Crippen molar-refractivity contribution in [3.63, 3.8) is 0 Å². The molecule has 0 radical (unpaired) electrons. The molecule has 1 aliphatic rings. The standard InChI is InChI=1S/C42H38Cl2N4O5/c1-27-37(24-48-26-46-39(43)40(48)44)52-41(53-38(27)30-13-11-28(25-49)12-14-30)31-17-15-29(16-18-31)36-10-6-5-7-32(36)23-45-42(50)47-33-19-21-35(22-20-33)51-34-8-3-2-4-9-34/h2-22,26-27,37-38,41,49H,23-25H2,1H3,(H2,45,47,50). The highest BCUT2D eigenvalue weighted by molar-refractivity contribution is 6.40. The minimum absolute atomic E-state index is 0.0329. The summed E-state index contributed by atoms with van der Waals surface area (Å²) in [5.74, 6) is 1.37. The van der Waals surface area contributed by atoms with Crippen LogP contribution in [0.15, 0.2) is 134 Å². The number of halogens is 2. The molecule has 2 heterocycles. The van der Waals surface area contributed by atoms with Crippen molar-refractivity contribution in [1.82, 2.24) is 14.9 Å². The number of urea groups is 1. The van der Waals surface area contributed by atoms with Crippen LogP contribution in [0.3, 0.4) is 0 Å². The third-order valence-corrected chi connectivity index (χ3v) is 10.0. The lowest BCUT2D eigenvalue weighted by Crippen LogP contribution is -2.39. The largest absolute Gasteiger partial charge is 0.457 e. The number of hydrogen-bond donors (Lipinski definition) is 3. The van der Waals surface area contributed by atoms with Crippen LogP contribution in [0.4, 0.5) is 10.5 Å². The molecule has 0 saturated carbocycles. The average Bonchev–Trinajstić information content (AvgIpc) is 3.51. The molecule has 270 valence electrons. The van der Waals surface area contributed by atoms with Crippen molar-refractivity contribution in [2.24, 2.45) is 5.92 Å². The van der Waals surface area contributed by atoms with Crippen molar-refractivity contribution in [3.8, 4) is 22.6 Å². The number of carbonyl (C=O) groups is 1. The Kier molecular flexibility index (Phi) is 11.4. The Hall–Kier alpha value is -5.16. The monoisotopic (exact) mass is 748 g/mol. The quantitative estimate of drug-likeness (QED) is 0.122. The number of aromatic nitrogens is 2. The van der Waals surface area contributed by atoms with Crippen LogP contribution in [-0.2, 0) is 29.2 Å². The van der Waals surface area contributed by atoms with E-state index < -0.39 is 6.29 Å². The van der Waals surface area contributed by atoms with Crippen molar-refractivity contribution in [2.45, 2.75) is 45.1 Å². The zero-order valence-electron chi connectivity index (χ0n) is 28.9. The van der Waals surface area contributed by atoms with Gasteiger partial charge in [0.2, 0.25) is 0 Å². The summed E-state index contributed by atoms with van der Waals surface area (Å²) < 4.78 is 20.9. The van der Waals surface area contributed by atoms with E-state index in [1.54, 1.807) is 23.0 Å². The Labute approximate surface area is 318 Å². The van der Waals surface area contributed by atoms with Crippen molar-refractivity contribution in [3.05, 3.63) is 166 Å². The molecule has 11 heteroatoms. The normalized spacial score (nSPS) is 18.3. The highest BCUT2D eigenvalue weighted by Crippen LogP contribution is 2.43. The first-order valence-electron chi connectivity index (χ1n) is 17.3. The summed E-state index contributed by atoms with van der Waals surface area (Å²) in [7, 11) is 0. The van der Waals surface area contributed by atoms with E-state index in [9.17, 15) is 9.90 Å². The molecular formula is C42H38Cl2N4O5. The average molecular weight is 750 g/mol. The number of imidazole rings is 1. The summed E-state index contributed by atoms with van der Waals surface area (Å²) in [6.45, 7) is 2.81. The Bertz CT molecular complexity index is 2130. The van der Waals surface area contributed by atoms with Gasteiger partial charge in [0.1, 0.15) is 16.7 Å². The van der Waals surface area contributed by atoms with E-state index >= 15 is 0 Å². The fraction of sp³-hybridized carbons (Fsp3) is 0.190. The van der Waals surface area contributed by atoms with Gasteiger partial charge >= 0.3 is 6.03 Å². The fourth-order valence-electron chi connectivity index (χ4n) is 6.35. The number of nitrogens with zero attached hydrogens (tertiary/aromatic N) is 2. The Balaban J connectivity index is 1.03. The van der Waals surface area contributed by atoms with Crippen LogP contribution in [0, 0.1) is 5.92 Å². The number of rotatable bonds is 11. The second-order valence-corrected chi connectivity index (χ2v) is 13.5. The van der Waals surface area contributed by atoms with Gasteiger partial charge < -0.3 is 34.5 Å². The first-order valence-corrected chi connectivity index (χ1v) is 18.0. The molecule has 1 fully saturated rings. The SMILES string of the molecule is CC1C(Cn2cnc(Cl)c2Cl)OC(c2ccc(-c3ccccc3CNC(=O)Nc3ccc(Oc4ccccc4)cc3)cc2)OC1c1ccc(CO)cc1. The van der Waals surface area contributed by atoms with E-state index in [1.807, 2.05) is 115 Å². The number of para-hydroxylation sites is 1. The fourth-order valence-corrected chi connectivity index (χ4v) is 6.66. The predicted molar refractivity (Wildman–Crippen MR) is 206 cm³/mol. The summed E-state index contributed by atoms with van der Waals surface area (Å²) >= 11 is 12.6. The van der Waals surface area contributed by atoms with Crippen molar-refractivity contribution in [2.75, 3.05) is 5.32 Å². The lowest BCUT2D eigenvalue weighted by molar-refractivity contribution is -0.276. The van der Waals surface area contributed by atoms with E-state index in [-0.39, 0.29) is 35.9 Å². The lowest BCUT2D eigenvalue weighted by atomic mass is 9.90. The number of nitrogens with one attached hydrogen (secondary N) is 2. The minimum atomic E-state index is -0.662. The van der Waals surface area contributed by atoms with Gasteiger partial charge in [-0.3, -0.25) is 0 Å². The minimum Gasteiger partial charge on any atom is -0.457 e. The molecule has 6 aromatic rings. The maximum Gasteiger partial charge on any atom is 0.319 e. The molecular weight excluding hydrogens is 711 g/mol. The van der Waals surface area contributed by atoms with Crippen molar-refractivity contribution < 1.29 is 24.1 Å². The molecule has 7 rings (SSSR count). The van der Waals surface area contributed by atoms with Gasteiger partial charge in [-0.2, -0.15) is 0 Å². The van der Waals surface area contributed by atoms with Gasteiger partial charge in [-0.05, 0) is 64.2 Å². The number of aliphatic hydroxyl groups is 1. The molecule has 4 atom stereocenters. The van der Waals surface area contributed by atoms with Crippen LogP contribution < -0.4 is 15.4 Å². The molecule has 1 saturated heterocycles. The molecule has 3 N–H and O–H groups in total. The topological polar surface area (TPSA) is 107 Å². The van der Waals surface area contributed by atoms with Gasteiger partial charge in [0.05, 0.1) is 31.7 Å². The number of hydrogen-bond acceptors (Lipinski definition) is 6. The number of amides is 2. The Morgan fingerprint density at radius 3 is 2.21 bits per heavy atom. The van der Waals surface area contributed by atoms with Crippen molar-refractivity contribution >= 4 is 34.9 Å². The summed E-state index contributed by atoms with van der Waals surface area (Å²) in [6.07, 6.45) is 0.380.